The summed E-state index contributed by atoms with van der Waals surface area (Å²) in [7, 11) is 1.88. The molecule has 0 radical (unpaired) electrons. The van der Waals surface area contributed by atoms with Crippen LogP contribution in [0.2, 0.25) is 0 Å². The number of nitriles is 1. The summed E-state index contributed by atoms with van der Waals surface area (Å²) >= 11 is 1.41. The van der Waals surface area contributed by atoms with Crippen LogP contribution in [-0.4, -0.2) is 30.2 Å². The average Bonchev–Trinajstić information content (AvgIpc) is 3.07. The van der Waals surface area contributed by atoms with Crippen molar-refractivity contribution in [3.05, 3.63) is 48.4 Å². The maximum atomic E-state index is 12.3. The first-order valence-electron chi connectivity index (χ1n) is 7.24. The second-order valence-electron chi connectivity index (χ2n) is 5.10. The molecule has 120 valence electrons. The third-order valence-electron chi connectivity index (χ3n) is 3.46. The molecule has 1 amide bonds. The van der Waals surface area contributed by atoms with Crippen LogP contribution in [0.4, 0.5) is 5.69 Å². The van der Waals surface area contributed by atoms with Crippen molar-refractivity contribution in [3.63, 3.8) is 0 Å². The third-order valence-corrected chi connectivity index (χ3v) is 4.40. The van der Waals surface area contributed by atoms with Gasteiger partial charge in [-0.15, -0.1) is 11.8 Å². The van der Waals surface area contributed by atoms with E-state index in [-0.39, 0.29) is 18.5 Å². The first kappa shape index (κ1) is 17.1. The van der Waals surface area contributed by atoms with Crippen LogP contribution in [0.1, 0.15) is 18.7 Å². The fraction of sp³-hybridized carbons (Fsp3) is 0.294. The normalized spacial score (nSPS) is 11.9. The molecule has 1 unspecified atom stereocenters. The molecule has 23 heavy (non-hydrogen) atoms. The SMILES string of the molecule is CC(c1ccco1)N(C)CC(=O)Nc1ccccc1SCC#N. The van der Waals surface area contributed by atoms with Crippen LogP contribution in [0.5, 0.6) is 0 Å². The molecule has 5 nitrogen and oxygen atoms in total. The van der Waals surface area contributed by atoms with Crippen molar-refractivity contribution in [1.29, 1.82) is 5.26 Å². The fourth-order valence-electron chi connectivity index (χ4n) is 2.11. The number of hydrogen-bond donors (Lipinski definition) is 1. The van der Waals surface area contributed by atoms with Gasteiger partial charge in [0.05, 0.1) is 36.4 Å². The van der Waals surface area contributed by atoms with Crippen molar-refractivity contribution in [1.82, 2.24) is 4.90 Å². The Morgan fingerprint density at radius 2 is 2.17 bits per heavy atom. The summed E-state index contributed by atoms with van der Waals surface area (Å²) in [5.74, 6) is 1.07. The van der Waals surface area contributed by atoms with E-state index in [9.17, 15) is 4.79 Å². The number of carbonyl (C=O) groups is 1. The van der Waals surface area contributed by atoms with E-state index in [1.807, 2.05) is 55.3 Å². The van der Waals surface area contributed by atoms with Gasteiger partial charge in [0, 0.05) is 4.90 Å². The molecule has 0 aliphatic rings. The Bertz CT molecular complexity index is 679. The van der Waals surface area contributed by atoms with Crippen LogP contribution in [0, 0.1) is 11.3 Å². The highest BCUT2D eigenvalue weighted by molar-refractivity contribution is 7.99. The molecule has 0 bridgehead atoms. The molecule has 1 aromatic heterocycles. The van der Waals surface area contributed by atoms with Crippen molar-refractivity contribution in [3.8, 4) is 6.07 Å². The van der Waals surface area contributed by atoms with E-state index in [1.54, 1.807) is 6.26 Å². The van der Waals surface area contributed by atoms with Gasteiger partial charge in [-0.05, 0) is 38.2 Å². The molecular formula is C17H19N3O2S. The molecule has 0 aliphatic heterocycles. The molecule has 1 N–H and O–H groups in total. The largest absolute Gasteiger partial charge is 0.468 e. The predicted molar refractivity (Wildman–Crippen MR) is 91.2 cm³/mol. The molecule has 2 aromatic rings. The summed E-state index contributed by atoms with van der Waals surface area (Å²) in [6, 6.07) is 13.3. The Kier molecular flexibility index (Phi) is 6.27. The van der Waals surface area contributed by atoms with E-state index in [0.717, 1.165) is 16.3 Å². The number of carbonyl (C=O) groups excluding carboxylic acids is 1. The third kappa shape index (κ3) is 4.88. The molecule has 1 aromatic carbocycles. The van der Waals surface area contributed by atoms with Gasteiger partial charge in [0.1, 0.15) is 5.76 Å². The predicted octanol–water partition coefficient (Wildman–Crippen LogP) is 3.53. The lowest BCUT2D eigenvalue weighted by molar-refractivity contribution is -0.117. The number of hydrogen-bond acceptors (Lipinski definition) is 5. The molecule has 0 aliphatic carbocycles. The number of nitrogens with one attached hydrogen (secondary N) is 1. The van der Waals surface area contributed by atoms with Gasteiger partial charge in [0.15, 0.2) is 0 Å². The van der Waals surface area contributed by atoms with Crippen LogP contribution in [0.25, 0.3) is 0 Å². The van der Waals surface area contributed by atoms with Gasteiger partial charge in [-0.2, -0.15) is 5.26 Å². The molecule has 2 rings (SSSR count). The zero-order valence-corrected chi connectivity index (χ0v) is 14.0. The first-order valence-corrected chi connectivity index (χ1v) is 8.22. The van der Waals surface area contributed by atoms with Crippen LogP contribution in [0.15, 0.2) is 52.0 Å². The van der Waals surface area contributed by atoms with Crippen molar-refractivity contribution < 1.29 is 9.21 Å². The van der Waals surface area contributed by atoms with Gasteiger partial charge >= 0.3 is 0 Å². The molecular weight excluding hydrogens is 310 g/mol. The maximum Gasteiger partial charge on any atom is 0.238 e. The number of anilines is 1. The van der Waals surface area contributed by atoms with Crippen molar-refractivity contribution in [2.75, 3.05) is 24.7 Å². The standard InChI is InChI=1S/C17H19N3O2S/c1-13(15-7-5-10-22-15)20(2)12-17(21)19-14-6-3-4-8-16(14)23-11-9-18/h3-8,10,13H,11-12H2,1-2H3,(H,19,21). The summed E-state index contributed by atoms with van der Waals surface area (Å²) in [5, 5.41) is 11.6. The number of nitrogens with zero attached hydrogens (tertiary/aromatic N) is 2. The van der Waals surface area contributed by atoms with E-state index >= 15 is 0 Å². The molecule has 0 spiro atoms. The van der Waals surface area contributed by atoms with Crippen LogP contribution >= 0.6 is 11.8 Å². The van der Waals surface area contributed by atoms with Crippen molar-refractivity contribution in [2.24, 2.45) is 0 Å². The number of benzene rings is 1. The summed E-state index contributed by atoms with van der Waals surface area (Å²) in [5.41, 5.74) is 0.733. The number of likely N-dealkylation sites (N-methyl/N-ethyl adjacent to an activating group) is 1. The minimum Gasteiger partial charge on any atom is -0.468 e. The molecule has 0 saturated carbocycles. The molecule has 1 atom stereocenters. The Morgan fingerprint density at radius 3 is 2.87 bits per heavy atom. The minimum atomic E-state index is -0.101. The van der Waals surface area contributed by atoms with E-state index in [1.165, 1.54) is 11.8 Å². The monoisotopic (exact) mass is 329 g/mol. The van der Waals surface area contributed by atoms with Gasteiger partial charge in [0.2, 0.25) is 5.91 Å². The molecule has 0 fully saturated rings. The quantitative estimate of drug-likeness (QED) is 0.787. The Balaban J connectivity index is 1.96. The summed E-state index contributed by atoms with van der Waals surface area (Å²) in [4.78, 5) is 15.1. The van der Waals surface area contributed by atoms with Crippen LogP contribution < -0.4 is 5.32 Å². The zero-order chi connectivity index (χ0) is 16.7. The van der Waals surface area contributed by atoms with Crippen LogP contribution in [0.3, 0.4) is 0 Å². The van der Waals surface area contributed by atoms with E-state index in [4.69, 9.17) is 9.68 Å². The number of furan rings is 1. The summed E-state index contributed by atoms with van der Waals surface area (Å²) < 4.78 is 5.37. The Hall–Kier alpha value is -2.23. The summed E-state index contributed by atoms with van der Waals surface area (Å²) in [6.45, 7) is 2.24. The van der Waals surface area contributed by atoms with Crippen molar-refractivity contribution in [2.45, 2.75) is 17.9 Å². The maximum absolute atomic E-state index is 12.3. The highest BCUT2D eigenvalue weighted by atomic mass is 32.2. The average molecular weight is 329 g/mol. The van der Waals surface area contributed by atoms with Crippen LogP contribution in [-0.2, 0) is 4.79 Å². The second-order valence-corrected chi connectivity index (χ2v) is 6.11. The fourth-order valence-corrected chi connectivity index (χ4v) is 2.77. The number of rotatable bonds is 7. The minimum absolute atomic E-state index is 0.0129. The first-order chi connectivity index (χ1) is 11.1. The lowest BCUT2D eigenvalue weighted by Gasteiger charge is -2.22. The van der Waals surface area contributed by atoms with Gasteiger partial charge in [-0.1, -0.05) is 12.1 Å². The van der Waals surface area contributed by atoms with Gasteiger partial charge in [-0.25, -0.2) is 0 Å². The lowest BCUT2D eigenvalue weighted by Crippen LogP contribution is -2.32. The van der Waals surface area contributed by atoms with E-state index in [2.05, 4.69) is 11.4 Å². The number of thioether (sulfide) groups is 1. The zero-order valence-electron chi connectivity index (χ0n) is 13.2. The smallest absolute Gasteiger partial charge is 0.238 e. The summed E-state index contributed by atoms with van der Waals surface area (Å²) in [6.07, 6.45) is 1.63. The number of para-hydroxylation sites is 1. The van der Waals surface area contributed by atoms with E-state index < -0.39 is 0 Å². The van der Waals surface area contributed by atoms with Crippen molar-refractivity contribution >= 4 is 23.4 Å². The Labute approximate surface area is 140 Å². The van der Waals surface area contributed by atoms with Gasteiger partial charge in [-0.3, -0.25) is 9.69 Å². The molecule has 1 heterocycles. The Morgan fingerprint density at radius 1 is 1.39 bits per heavy atom. The van der Waals surface area contributed by atoms with Gasteiger partial charge < -0.3 is 9.73 Å². The highest BCUT2D eigenvalue weighted by Crippen LogP contribution is 2.26. The highest BCUT2D eigenvalue weighted by Gasteiger charge is 2.17. The lowest BCUT2D eigenvalue weighted by atomic mass is 10.2. The number of amides is 1. The second kappa shape index (κ2) is 8.42. The molecule has 6 heteroatoms. The topological polar surface area (TPSA) is 69.3 Å². The van der Waals surface area contributed by atoms with E-state index in [0.29, 0.717) is 5.75 Å². The van der Waals surface area contributed by atoms with Gasteiger partial charge in [0.25, 0.3) is 0 Å². The molecule has 0 saturated heterocycles.